The lowest BCUT2D eigenvalue weighted by Gasteiger charge is -2.18. The van der Waals surface area contributed by atoms with Gasteiger partial charge in [0.25, 0.3) is 0 Å². The lowest BCUT2D eigenvalue weighted by Crippen LogP contribution is -2.08. The Hall–Kier alpha value is -1.85. The van der Waals surface area contributed by atoms with Crippen LogP contribution in [0.3, 0.4) is 0 Å². The van der Waals surface area contributed by atoms with Crippen molar-refractivity contribution in [1.29, 1.82) is 0 Å². The number of rotatable bonds is 4. The molecule has 0 aliphatic carbocycles. The lowest BCUT2D eigenvalue weighted by molar-refractivity contribution is 0.280. The number of aromatic nitrogens is 2. The van der Waals surface area contributed by atoms with E-state index < -0.39 is 0 Å². The third-order valence-electron chi connectivity index (χ3n) is 3.97. The number of hydrogen-bond acceptors (Lipinski definition) is 3. The normalized spacial score (nSPS) is 11.6. The monoisotopic (exact) mass is 330 g/mol. The highest BCUT2D eigenvalue weighted by atomic mass is 32.2. The maximum Gasteiger partial charge on any atom is 0.123 e. The zero-order valence-electron chi connectivity index (χ0n) is 13.4. The minimum atomic E-state index is -0.282. The summed E-state index contributed by atoms with van der Waals surface area (Å²) in [5.74, 6) is -0.0401. The predicted molar refractivity (Wildman–Crippen MR) is 92.4 cm³/mol. The maximum atomic E-state index is 13.2. The van der Waals surface area contributed by atoms with E-state index in [2.05, 4.69) is 13.8 Å². The Labute approximate surface area is 139 Å². The van der Waals surface area contributed by atoms with Gasteiger partial charge in [0.05, 0.1) is 22.8 Å². The minimum Gasteiger partial charge on any atom is -0.392 e. The van der Waals surface area contributed by atoms with Crippen molar-refractivity contribution in [2.24, 2.45) is 0 Å². The molecule has 0 saturated carbocycles. The van der Waals surface area contributed by atoms with Crippen molar-refractivity contribution in [3.8, 4) is 11.3 Å². The predicted octanol–water partition coefficient (Wildman–Crippen LogP) is 4.48. The highest BCUT2D eigenvalue weighted by Crippen LogP contribution is 2.34. The molecule has 3 aromatic rings. The topological polar surface area (TPSA) is 37.5 Å². The van der Waals surface area contributed by atoms with E-state index in [-0.39, 0.29) is 18.3 Å². The fourth-order valence-corrected chi connectivity index (χ4v) is 3.47. The number of aliphatic hydroxyl groups excluding tert-OH is 1. The van der Waals surface area contributed by atoms with Crippen molar-refractivity contribution in [2.75, 3.05) is 6.26 Å². The Morgan fingerprint density at radius 3 is 2.43 bits per heavy atom. The summed E-state index contributed by atoms with van der Waals surface area (Å²) in [4.78, 5) is 0. The Morgan fingerprint density at radius 1 is 1.17 bits per heavy atom. The van der Waals surface area contributed by atoms with Crippen LogP contribution < -0.4 is 0 Å². The van der Waals surface area contributed by atoms with Gasteiger partial charge in [0.15, 0.2) is 0 Å². The molecule has 120 valence electrons. The van der Waals surface area contributed by atoms with Gasteiger partial charge in [-0.25, -0.2) is 8.91 Å². The third-order valence-corrected chi connectivity index (χ3v) is 4.70. The molecule has 0 saturated heterocycles. The van der Waals surface area contributed by atoms with Gasteiger partial charge in [-0.1, -0.05) is 13.8 Å². The third kappa shape index (κ3) is 2.75. The highest BCUT2D eigenvalue weighted by Gasteiger charge is 2.19. The second kappa shape index (κ2) is 6.34. The van der Waals surface area contributed by atoms with E-state index in [4.69, 9.17) is 5.10 Å². The molecule has 1 aromatic carbocycles. The maximum absolute atomic E-state index is 13.2. The SMILES string of the molecule is CSc1ccc2c(C(C)C)c(CO)c(-c3ccc(F)cc3)nn12. The van der Waals surface area contributed by atoms with Gasteiger partial charge in [0.1, 0.15) is 5.82 Å². The lowest BCUT2D eigenvalue weighted by atomic mass is 9.94. The van der Waals surface area contributed by atoms with Crippen molar-refractivity contribution in [3.05, 3.63) is 53.3 Å². The fraction of sp³-hybridized carbons (Fsp3) is 0.278. The van der Waals surface area contributed by atoms with Crippen LogP contribution in [-0.2, 0) is 6.61 Å². The quantitative estimate of drug-likeness (QED) is 0.717. The first-order valence-corrected chi connectivity index (χ1v) is 8.74. The van der Waals surface area contributed by atoms with E-state index in [0.29, 0.717) is 5.69 Å². The van der Waals surface area contributed by atoms with Gasteiger partial charge in [-0.3, -0.25) is 0 Å². The van der Waals surface area contributed by atoms with Crippen molar-refractivity contribution in [2.45, 2.75) is 31.4 Å². The Kier molecular flexibility index (Phi) is 4.41. The van der Waals surface area contributed by atoms with E-state index in [9.17, 15) is 9.50 Å². The summed E-state index contributed by atoms with van der Waals surface area (Å²) >= 11 is 1.62. The molecule has 0 unspecified atom stereocenters. The number of thioether (sulfide) groups is 1. The van der Waals surface area contributed by atoms with Crippen molar-refractivity contribution >= 4 is 17.3 Å². The van der Waals surface area contributed by atoms with Gasteiger partial charge in [0, 0.05) is 11.1 Å². The van der Waals surface area contributed by atoms with Crippen molar-refractivity contribution < 1.29 is 9.50 Å². The molecular weight excluding hydrogens is 311 g/mol. The molecule has 0 amide bonds. The number of fused-ring (bicyclic) bond motifs is 1. The summed E-state index contributed by atoms with van der Waals surface area (Å²) in [6, 6.07) is 10.3. The average Bonchev–Trinajstić information content (AvgIpc) is 2.96. The molecule has 0 aliphatic heterocycles. The van der Waals surface area contributed by atoms with Crippen molar-refractivity contribution in [3.63, 3.8) is 0 Å². The van der Waals surface area contributed by atoms with Gasteiger partial charge >= 0.3 is 0 Å². The van der Waals surface area contributed by atoms with E-state index >= 15 is 0 Å². The van der Waals surface area contributed by atoms with Gasteiger partial charge in [0.2, 0.25) is 0 Å². The summed E-state index contributed by atoms with van der Waals surface area (Å²) in [5, 5.41) is 15.7. The zero-order chi connectivity index (χ0) is 16.6. The van der Waals surface area contributed by atoms with Crippen LogP contribution in [0.15, 0.2) is 41.4 Å². The first kappa shape index (κ1) is 16.0. The Morgan fingerprint density at radius 2 is 1.87 bits per heavy atom. The number of benzene rings is 1. The molecule has 0 atom stereocenters. The second-order valence-electron chi connectivity index (χ2n) is 5.73. The fourth-order valence-electron chi connectivity index (χ4n) is 2.96. The molecule has 0 bridgehead atoms. The molecule has 0 radical (unpaired) electrons. The van der Waals surface area contributed by atoms with Gasteiger partial charge in [-0.2, -0.15) is 5.10 Å². The Bertz CT molecular complexity index is 840. The second-order valence-corrected chi connectivity index (χ2v) is 6.56. The molecule has 3 rings (SSSR count). The smallest absolute Gasteiger partial charge is 0.123 e. The first-order chi connectivity index (χ1) is 11.1. The number of aliphatic hydroxyl groups is 1. The van der Waals surface area contributed by atoms with E-state index in [1.165, 1.54) is 12.1 Å². The van der Waals surface area contributed by atoms with Gasteiger partial charge in [-0.05, 0) is 54.1 Å². The molecule has 0 aliphatic rings. The van der Waals surface area contributed by atoms with Gasteiger partial charge < -0.3 is 5.11 Å². The molecule has 2 aromatic heterocycles. The van der Waals surface area contributed by atoms with E-state index in [1.807, 2.05) is 22.9 Å². The van der Waals surface area contributed by atoms with Crippen LogP contribution in [0.5, 0.6) is 0 Å². The largest absolute Gasteiger partial charge is 0.392 e. The van der Waals surface area contributed by atoms with Crippen LogP contribution in [0.2, 0.25) is 0 Å². The standard InChI is InChI=1S/C18H19FN2OS/c1-11(2)17-14(10-22)18(12-4-6-13(19)7-5-12)20-21-15(17)8-9-16(21)23-3/h4-9,11,22H,10H2,1-3H3. The van der Waals surface area contributed by atoms with E-state index in [0.717, 1.165) is 27.2 Å². The van der Waals surface area contributed by atoms with Crippen LogP contribution in [0, 0.1) is 5.82 Å². The first-order valence-electron chi connectivity index (χ1n) is 7.52. The molecule has 1 N–H and O–H groups in total. The van der Waals surface area contributed by atoms with Crippen LogP contribution in [0.1, 0.15) is 30.9 Å². The number of halogens is 1. The van der Waals surface area contributed by atoms with E-state index in [1.54, 1.807) is 23.9 Å². The molecule has 2 heterocycles. The summed E-state index contributed by atoms with van der Waals surface area (Å²) in [6.07, 6.45) is 2.01. The Balaban J connectivity index is 2.37. The van der Waals surface area contributed by atoms with Crippen molar-refractivity contribution in [1.82, 2.24) is 9.61 Å². The molecule has 5 heteroatoms. The number of nitrogens with zero attached hydrogens (tertiary/aromatic N) is 2. The van der Waals surface area contributed by atoms with Gasteiger partial charge in [-0.15, -0.1) is 11.8 Å². The minimum absolute atomic E-state index is 0.0937. The highest BCUT2D eigenvalue weighted by molar-refractivity contribution is 7.98. The molecule has 23 heavy (non-hydrogen) atoms. The average molecular weight is 330 g/mol. The van der Waals surface area contributed by atoms with Crippen LogP contribution in [-0.4, -0.2) is 21.0 Å². The zero-order valence-corrected chi connectivity index (χ0v) is 14.2. The number of hydrogen-bond donors (Lipinski definition) is 1. The molecule has 0 spiro atoms. The molecule has 3 nitrogen and oxygen atoms in total. The summed E-state index contributed by atoms with van der Waals surface area (Å²) < 4.78 is 15.2. The van der Waals surface area contributed by atoms with Crippen LogP contribution in [0.4, 0.5) is 4.39 Å². The summed E-state index contributed by atoms with van der Waals surface area (Å²) in [7, 11) is 0. The molecule has 0 fully saturated rings. The summed E-state index contributed by atoms with van der Waals surface area (Å²) in [6.45, 7) is 4.12. The summed E-state index contributed by atoms with van der Waals surface area (Å²) in [5.41, 5.74) is 4.42. The van der Waals surface area contributed by atoms with Crippen LogP contribution >= 0.6 is 11.8 Å². The van der Waals surface area contributed by atoms with Crippen LogP contribution in [0.25, 0.3) is 16.8 Å². The molecular formula is C18H19FN2OS.